The number of carbonyl (C=O) groups excluding carboxylic acids is 1. The summed E-state index contributed by atoms with van der Waals surface area (Å²) in [6.07, 6.45) is 4.13. The van der Waals surface area contributed by atoms with E-state index in [1.807, 2.05) is 0 Å². The molecule has 3 N–H and O–H groups in total. The van der Waals surface area contributed by atoms with E-state index in [0.717, 1.165) is 6.54 Å². The van der Waals surface area contributed by atoms with Crippen molar-refractivity contribution in [2.75, 3.05) is 26.7 Å². The molecule has 1 saturated carbocycles. The predicted molar refractivity (Wildman–Crippen MR) is 78.2 cm³/mol. The average Bonchev–Trinajstić information content (AvgIpc) is 3.29. The Morgan fingerprint density at radius 1 is 1.60 bits per heavy atom. The number of nitrogens with zero attached hydrogens (tertiary/aromatic N) is 2. The normalized spacial score (nSPS) is 13.8. The van der Waals surface area contributed by atoms with Gasteiger partial charge < -0.3 is 16.0 Å². The fourth-order valence-corrected chi connectivity index (χ4v) is 1.96. The van der Waals surface area contributed by atoms with Gasteiger partial charge in [0.2, 0.25) is 0 Å². The lowest BCUT2D eigenvalue weighted by Gasteiger charge is -2.15. The Morgan fingerprint density at radius 2 is 2.40 bits per heavy atom. The number of hydrogen-bond donors (Lipinski definition) is 2. The molecule has 1 amide bonds. The molecule has 5 nitrogen and oxygen atoms in total. The minimum absolute atomic E-state index is 0.184. The minimum Gasteiger partial charge on any atom is -0.349 e. The number of carbonyl (C=O) groups is 1. The first-order chi connectivity index (χ1) is 9.72. The maximum Gasteiger partial charge on any atom is 0.271 e. The minimum atomic E-state index is -0.184. The van der Waals surface area contributed by atoms with Gasteiger partial charge in [-0.15, -0.1) is 0 Å². The van der Waals surface area contributed by atoms with Crippen molar-refractivity contribution < 1.29 is 4.79 Å². The maximum absolute atomic E-state index is 12.1. The van der Waals surface area contributed by atoms with Gasteiger partial charge in [0.1, 0.15) is 5.69 Å². The Balaban J connectivity index is 1.91. The first-order valence-electron chi connectivity index (χ1n) is 6.84. The Morgan fingerprint density at radius 3 is 3.10 bits per heavy atom. The van der Waals surface area contributed by atoms with Crippen LogP contribution >= 0.6 is 0 Å². The fourth-order valence-electron chi connectivity index (χ4n) is 1.96. The lowest BCUT2D eigenvalue weighted by Crippen LogP contribution is -2.34. The lowest BCUT2D eigenvalue weighted by molar-refractivity contribution is 0.0944. The SMILES string of the molecule is CN(CCNC(=O)c1ncccc1C#CCN)C1CC1. The number of amides is 1. The summed E-state index contributed by atoms with van der Waals surface area (Å²) >= 11 is 0. The summed E-state index contributed by atoms with van der Waals surface area (Å²) in [6.45, 7) is 1.74. The summed E-state index contributed by atoms with van der Waals surface area (Å²) in [4.78, 5) is 18.5. The largest absolute Gasteiger partial charge is 0.349 e. The summed E-state index contributed by atoms with van der Waals surface area (Å²) in [5.74, 6) is 5.44. The molecule has 1 fully saturated rings. The molecule has 1 aliphatic rings. The van der Waals surface area contributed by atoms with Crippen LogP contribution < -0.4 is 11.1 Å². The third-order valence-corrected chi connectivity index (χ3v) is 3.27. The molecule has 0 aliphatic heterocycles. The van der Waals surface area contributed by atoms with E-state index in [9.17, 15) is 4.79 Å². The van der Waals surface area contributed by atoms with Crippen molar-refractivity contribution in [2.45, 2.75) is 18.9 Å². The highest BCUT2D eigenvalue weighted by Crippen LogP contribution is 2.24. The smallest absolute Gasteiger partial charge is 0.271 e. The zero-order chi connectivity index (χ0) is 14.4. The molecule has 0 bridgehead atoms. The fraction of sp³-hybridized carbons (Fsp3) is 0.467. The van der Waals surface area contributed by atoms with Crippen molar-refractivity contribution in [2.24, 2.45) is 5.73 Å². The number of nitrogens with two attached hydrogens (primary N) is 1. The number of aromatic nitrogens is 1. The summed E-state index contributed by atoms with van der Waals surface area (Å²) in [5.41, 5.74) is 6.33. The van der Waals surface area contributed by atoms with E-state index in [-0.39, 0.29) is 12.5 Å². The first-order valence-corrected chi connectivity index (χ1v) is 6.84. The molecule has 106 valence electrons. The van der Waals surface area contributed by atoms with Crippen LogP contribution in [0.5, 0.6) is 0 Å². The molecule has 5 heteroatoms. The van der Waals surface area contributed by atoms with Crippen molar-refractivity contribution in [1.82, 2.24) is 15.2 Å². The van der Waals surface area contributed by atoms with E-state index in [4.69, 9.17) is 5.73 Å². The summed E-state index contributed by atoms with van der Waals surface area (Å²) in [6, 6.07) is 4.24. The zero-order valence-electron chi connectivity index (χ0n) is 11.7. The number of pyridine rings is 1. The quantitative estimate of drug-likeness (QED) is 0.752. The van der Waals surface area contributed by atoms with Crippen LogP contribution in [0.3, 0.4) is 0 Å². The van der Waals surface area contributed by atoms with Crippen LogP contribution in [-0.2, 0) is 0 Å². The molecule has 0 atom stereocenters. The van der Waals surface area contributed by atoms with Gasteiger partial charge in [0.15, 0.2) is 0 Å². The molecular formula is C15H20N4O. The summed E-state index contributed by atoms with van der Waals surface area (Å²) in [7, 11) is 2.09. The van der Waals surface area contributed by atoms with Crippen LogP contribution in [0.15, 0.2) is 18.3 Å². The molecule has 0 saturated heterocycles. The zero-order valence-corrected chi connectivity index (χ0v) is 11.7. The van der Waals surface area contributed by atoms with Gasteiger partial charge in [-0.25, -0.2) is 4.98 Å². The molecule has 1 heterocycles. The molecule has 2 rings (SSSR count). The van der Waals surface area contributed by atoms with Gasteiger partial charge in [0, 0.05) is 25.3 Å². The second-order valence-corrected chi connectivity index (χ2v) is 4.87. The van der Waals surface area contributed by atoms with Gasteiger partial charge in [-0.2, -0.15) is 0 Å². The van der Waals surface area contributed by atoms with Crippen LogP contribution in [0.4, 0.5) is 0 Å². The van der Waals surface area contributed by atoms with Crippen LogP contribution in [0.1, 0.15) is 28.9 Å². The standard InChI is InChI=1S/C15H20N4O/c1-19(13-6-7-13)11-10-18-15(20)14-12(4-2-8-16)5-3-9-17-14/h3,5,9,13H,6-8,10-11,16H2,1H3,(H,18,20). The third-order valence-electron chi connectivity index (χ3n) is 3.27. The van der Waals surface area contributed by atoms with Gasteiger partial charge in [0.25, 0.3) is 5.91 Å². The number of nitrogens with one attached hydrogen (secondary N) is 1. The van der Waals surface area contributed by atoms with Gasteiger partial charge in [-0.3, -0.25) is 4.79 Å². The Hall–Kier alpha value is -1.90. The van der Waals surface area contributed by atoms with Gasteiger partial charge in [-0.05, 0) is 32.0 Å². The maximum atomic E-state index is 12.1. The van der Waals surface area contributed by atoms with Crippen LogP contribution in [0.2, 0.25) is 0 Å². The monoisotopic (exact) mass is 272 g/mol. The van der Waals surface area contributed by atoms with Gasteiger partial charge >= 0.3 is 0 Å². The van der Waals surface area contributed by atoms with Crippen molar-refractivity contribution in [3.63, 3.8) is 0 Å². The molecule has 1 aromatic rings. The molecule has 0 spiro atoms. The van der Waals surface area contributed by atoms with E-state index in [0.29, 0.717) is 23.8 Å². The Bertz CT molecular complexity index is 528. The van der Waals surface area contributed by atoms with Crippen molar-refractivity contribution in [3.8, 4) is 11.8 Å². The lowest BCUT2D eigenvalue weighted by atomic mass is 10.2. The second kappa shape index (κ2) is 7.04. The van der Waals surface area contributed by atoms with E-state index in [2.05, 4.69) is 34.1 Å². The molecule has 1 aliphatic carbocycles. The molecule has 20 heavy (non-hydrogen) atoms. The number of likely N-dealkylation sites (N-methyl/N-ethyl adjacent to an activating group) is 1. The molecule has 1 aromatic heterocycles. The van der Waals surface area contributed by atoms with Crippen LogP contribution in [-0.4, -0.2) is 48.5 Å². The van der Waals surface area contributed by atoms with E-state index in [1.165, 1.54) is 12.8 Å². The van der Waals surface area contributed by atoms with E-state index < -0.39 is 0 Å². The summed E-state index contributed by atoms with van der Waals surface area (Å²) < 4.78 is 0. The highest BCUT2D eigenvalue weighted by atomic mass is 16.1. The number of rotatable bonds is 5. The Kier molecular flexibility index (Phi) is 5.10. The van der Waals surface area contributed by atoms with Crippen molar-refractivity contribution in [1.29, 1.82) is 0 Å². The highest BCUT2D eigenvalue weighted by molar-refractivity contribution is 5.94. The molecule has 0 radical (unpaired) electrons. The second-order valence-electron chi connectivity index (χ2n) is 4.87. The van der Waals surface area contributed by atoms with Crippen molar-refractivity contribution >= 4 is 5.91 Å². The molecule has 0 aromatic carbocycles. The van der Waals surface area contributed by atoms with Crippen LogP contribution in [0, 0.1) is 11.8 Å². The number of hydrogen-bond acceptors (Lipinski definition) is 4. The van der Waals surface area contributed by atoms with Gasteiger partial charge in [-0.1, -0.05) is 11.8 Å². The average molecular weight is 272 g/mol. The van der Waals surface area contributed by atoms with E-state index in [1.54, 1.807) is 18.3 Å². The van der Waals surface area contributed by atoms with Gasteiger partial charge in [0.05, 0.1) is 12.1 Å². The highest BCUT2D eigenvalue weighted by Gasteiger charge is 2.25. The summed E-state index contributed by atoms with van der Waals surface area (Å²) in [5, 5.41) is 2.89. The molecular weight excluding hydrogens is 252 g/mol. The molecule has 0 unspecified atom stereocenters. The first kappa shape index (κ1) is 14.5. The topological polar surface area (TPSA) is 71.2 Å². The third kappa shape index (κ3) is 4.05. The van der Waals surface area contributed by atoms with E-state index >= 15 is 0 Å². The Labute approximate surface area is 119 Å². The van der Waals surface area contributed by atoms with Crippen LogP contribution in [0.25, 0.3) is 0 Å². The van der Waals surface area contributed by atoms with Crippen molar-refractivity contribution in [3.05, 3.63) is 29.6 Å². The predicted octanol–water partition coefficient (Wildman–Crippen LogP) is 0.216.